The van der Waals surface area contributed by atoms with Crippen LogP contribution in [-0.2, 0) is 0 Å². The molecule has 0 spiro atoms. The van der Waals surface area contributed by atoms with Gasteiger partial charge in [0.25, 0.3) is 0 Å². The Morgan fingerprint density at radius 3 is 2.61 bits per heavy atom. The van der Waals surface area contributed by atoms with E-state index in [2.05, 4.69) is 18.7 Å². The minimum absolute atomic E-state index is 0.0389. The molecule has 0 amide bonds. The summed E-state index contributed by atoms with van der Waals surface area (Å²) < 4.78 is 19.0. The Bertz CT molecular complexity index is 405. The van der Waals surface area contributed by atoms with Crippen LogP contribution in [-0.4, -0.2) is 37.0 Å². The first kappa shape index (κ1) is 14.4. The van der Waals surface area contributed by atoms with E-state index in [1.165, 1.54) is 6.07 Å². The Balaban J connectivity index is 2.67. The average Bonchev–Trinajstić information content (AvgIpc) is 2.34. The van der Waals surface area contributed by atoms with Crippen molar-refractivity contribution in [1.82, 2.24) is 4.90 Å². The normalized spacial score (nSPS) is 10.7. The number of ether oxygens (including phenoxy) is 1. The summed E-state index contributed by atoms with van der Waals surface area (Å²) in [4.78, 5) is 2.20. The van der Waals surface area contributed by atoms with Crippen LogP contribution < -0.4 is 10.5 Å². The largest absolute Gasteiger partial charge is 0.491 e. The van der Waals surface area contributed by atoms with Gasteiger partial charge in [0.1, 0.15) is 24.0 Å². The van der Waals surface area contributed by atoms with E-state index in [1.807, 2.05) is 0 Å². The van der Waals surface area contributed by atoms with Crippen molar-refractivity contribution in [2.24, 2.45) is 5.73 Å². The van der Waals surface area contributed by atoms with Crippen LogP contribution in [0, 0.1) is 11.2 Å². The quantitative estimate of drug-likeness (QED) is 0.575. The predicted octanol–water partition coefficient (Wildman–Crippen LogP) is 1.83. The van der Waals surface area contributed by atoms with Crippen molar-refractivity contribution in [2.75, 3.05) is 26.2 Å². The Labute approximate surface area is 107 Å². The molecule has 0 aliphatic rings. The number of nitrogen functional groups attached to an aromatic ring is 1. The van der Waals surface area contributed by atoms with E-state index in [0.717, 1.165) is 19.6 Å². The number of hydrogen-bond acceptors (Lipinski definition) is 3. The molecule has 1 rings (SSSR count). The van der Waals surface area contributed by atoms with Crippen LogP contribution in [0.5, 0.6) is 5.75 Å². The molecule has 0 fully saturated rings. The smallest absolute Gasteiger partial charge is 0.137 e. The molecular weight excluding hydrogens is 233 g/mol. The van der Waals surface area contributed by atoms with Gasteiger partial charge < -0.3 is 15.4 Å². The zero-order chi connectivity index (χ0) is 13.5. The van der Waals surface area contributed by atoms with E-state index in [9.17, 15) is 4.39 Å². The second-order valence-electron chi connectivity index (χ2n) is 3.90. The molecule has 0 unspecified atom stereocenters. The molecule has 18 heavy (non-hydrogen) atoms. The summed E-state index contributed by atoms with van der Waals surface area (Å²) in [7, 11) is 0. The fourth-order valence-electron chi connectivity index (χ4n) is 1.71. The first-order valence-corrected chi connectivity index (χ1v) is 6.08. The van der Waals surface area contributed by atoms with Crippen molar-refractivity contribution in [1.29, 1.82) is 5.41 Å². The molecule has 0 saturated carbocycles. The molecule has 100 valence electrons. The number of rotatable bonds is 7. The van der Waals surface area contributed by atoms with Crippen LogP contribution in [0.15, 0.2) is 18.2 Å². The van der Waals surface area contributed by atoms with Crippen molar-refractivity contribution < 1.29 is 9.13 Å². The third-order valence-electron chi connectivity index (χ3n) is 2.80. The number of benzene rings is 1. The summed E-state index contributed by atoms with van der Waals surface area (Å²) in [5.74, 6) is -0.511. The molecule has 0 aliphatic heterocycles. The number of nitrogens with zero attached hydrogens (tertiary/aromatic N) is 1. The lowest BCUT2D eigenvalue weighted by Crippen LogP contribution is -2.28. The highest BCUT2D eigenvalue weighted by molar-refractivity contribution is 5.97. The maximum absolute atomic E-state index is 13.5. The summed E-state index contributed by atoms with van der Waals surface area (Å²) in [6.07, 6.45) is 0. The van der Waals surface area contributed by atoms with Crippen LogP contribution in [0.4, 0.5) is 4.39 Å². The minimum atomic E-state index is -0.525. The van der Waals surface area contributed by atoms with Gasteiger partial charge in [-0.2, -0.15) is 0 Å². The third-order valence-corrected chi connectivity index (χ3v) is 2.80. The van der Waals surface area contributed by atoms with E-state index in [4.69, 9.17) is 15.9 Å². The van der Waals surface area contributed by atoms with Gasteiger partial charge in [0, 0.05) is 6.54 Å². The van der Waals surface area contributed by atoms with Gasteiger partial charge in [0.15, 0.2) is 0 Å². The molecule has 0 atom stereocenters. The molecular formula is C13H20FN3O. The van der Waals surface area contributed by atoms with Crippen LogP contribution in [0.1, 0.15) is 19.4 Å². The Kier molecular flexibility index (Phi) is 5.58. The molecule has 1 aromatic rings. The second kappa shape index (κ2) is 6.96. The van der Waals surface area contributed by atoms with Gasteiger partial charge >= 0.3 is 0 Å². The van der Waals surface area contributed by atoms with Crippen molar-refractivity contribution >= 4 is 5.84 Å². The lowest BCUT2D eigenvalue weighted by Gasteiger charge is -2.18. The van der Waals surface area contributed by atoms with Gasteiger partial charge in [-0.15, -0.1) is 0 Å². The number of hydrogen-bond donors (Lipinski definition) is 2. The molecule has 0 saturated heterocycles. The summed E-state index contributed by atoms with van der Waals surface area (Å²) >= 11 is 0. The van der Waals surface area contributed by atoms with Crippen LogP contribution in [0.25, 0.3) is 0 Å². The van der Waals surface area contributed by atoms with E-state index in [-0.39, 0.29) is 11.4 Å². The van der Waals surface area contributed by atoms with E-state index < -0.39 is 5.82 Å². The zero-order valence-electron chi connectivity index (χ0n) is 10.9. The zero-order valence-corrected chi connectivity index (χ0v) is 10.9. The third kappa shape index (κ3) is 3.70. The fraction of sp³-hybridized carbons (Fsp3) is 0.462. The molecule has 0 radical (unpaired) electrons. The molecule has 3 N–H and O–H groups in total. The molecule has 0 aliphatic carbocycles. The molecule has 0 bridgehead atoms. The lowest BCUT2D eigenvalue weighted by molar-refractivity contribution is 0.222. The molecule has 0 aromatic heterocycles. The van der Waals surface area contributed by atoms with Crippen molar-refractivity contribution in [3.63, 3.8) is 0 Å². The standard InChI is InChI=1S/C13H20FN3O/c1-3-17(4-2)8-9-18-11-7-5-6-10(14)12(11)13(15)16/h5-7H,3-4,8-9H2,1-2H3,(H3,15,16). The number of nitrogens with two attached hydrogens (primary N) is 1. The van der Waals surface area contributed by atoms with Crippen LogP contribution in [0.3, 0.4) is 0 Å². The maximum Gasteiger partial charge on any atom is 0.137 e. The van der Waals surface area contributed by atoms with Crippen LogP contribution >= 0.6 is 0 Å². The van der Waals surface area contributed by atoms with Gasteiger partial charge in [0.05, 0.1) is 5.56 Å². The molecule has 1 aromatic carbocycles. The Hall–Kier alpha value is -1.62. The number of likely N-dealkylation sites (N-methyl/N-ethyl adjacent to an activating group) is 1. The highest BCUT2D eigenvalue weighted by Crippen LogP contribution is 2.20. The van der Waals surface area contributed by atoms with Crippen LogP contribution in [0.2, 0.25) is 0 Å². The van der Waals surface area contributed by atoms with E-state index >= 15 is 0 Å². The summed E-state index contributed by atoms with van der Waals surface area (Å²) in [5, 5.41) is 7.36. The minimum Gasteiger partial charge on any atom is -0.491 e. The monoisotopic (exact) mass is 253 g/mol. The van der Waals surface area contributed by atoms with E-state index in [0.29, 0.717) is 12.4 Å². The van der Waals surface area contributed by atoms with Gasteiger partial charge in [-0.25, -0.2) is 4.39 Å². The highest BCUT2D eigenvalue weighted by atomic mass is 19.1. The molecule has 0 heterocycles. The first-order chi connectivity index (χ1) is 8.60. The molecule has 5 heteroatoms. The Morgan fingerprint density at radius 1 is 1.39 bits per heavy atom. The SMILES string of the molecule is CCN(CC)CCOc1cccc(F)c1C(=N)N. The van der Waals surface area contributed by atoms with Gasteiger partial charge in [-0.3, -0.25) is 5.41 Å². The maximum atomic E-state index is 13.5. The summed E-state index contributed by atoms with van der Waals surface area (Å²) in [6.45, 7) is 7.26. The number of nitrogens with one attached hydrogen (secondary N) is 1. The van der Waals surface area contributed by atoms with E-state index in [1.54, 1.807) is 12.1 Å². The topological polar surface area (TPSA) is 62.3 Å². The highest BCUT2D eigenvalue weighted by Gasteiger charge is 2.12. The number of amidine groups is 1. The summed E-state index contributed by atoms with van der Waals surface area (Å²) in [5.41, 5.74) is 5.39. The fourth-order valence-corrected chi connectivity index (χ4v) is 1.71. The predicted molar refractivity (Wildman–Crippen MR) is 70.7 cm³/mol. The van der Waals surface area contributed by atoms with Gasteiger partial charge in [-0.1, -0.05) is 19.9 Å². The van der Waals surface area contributed by atoms with Crippen molar-refractivity contribution in [2.45, 2.75) is 13.8 Å². The first-order valence-electron chi connectivity index (χ1n) is 6.08. The van der Waals surface area contributed by atoms with Gasteiger partial charge in [0.2, 0.25) is 0 Å². The Morgan fingerprint density at radius 2 is 2.06 bits per heavy atom. The average molecular weight is 253 g/mol. The molecule has 4 nitrogen and oxygen atoms in total. The van der Waals surface area contributed by atoms with Gasteiger partial charge in [-0.05, 0) is 25.2 Å². The summed E-state index contributed by atoms with van der Waals surface area (Å²) in [6, 6.07) is 4.45. The lowest BCUT2D eigenvalue weighted by atomic mass is 10.1. The number of halogens is 1. The van der Waals surface area contributed by atoms with Crippen molar-refractivity contribution in [3.05, 3.63) is 29.6 Å². The second-order valence-corrected chi connectivity index (χ2v) is 3.90. The van der Waals surface area contributed by atoms with Crippen molar-refractivity contribution in [3.8, 4) is 5.75 Å².